The van der Waals surface area contributed by atoms with Gasteiger partial charge in [-0.25, -0.2) is 8.78 Å². The van der Waals surface area contributed by atoms with E-state index in [-0.39, 0.29) is 85.2 Å². The van der Waals surface area contributed by atoms with Crippen molar-refractivity contribution >= 4 is 62.6 Å². The largest absolute Gasteiger partial charge is 0.460 e. The van der Waals surface area contributed by atoms with Gasteiger partial charge in [-0.1, -0.05) is 11.2 Å². The Balaban J connectivity index is 0.000000221. The maximum Gasteiger partial charge on any atom is 0.414 e. The van der Waals surface area contributed by atoms with E-state index in [0.717, 1.165) is 18.2 Å². The predicted molar refractivity (Wildman–Crippen MR) is 278 cm³/mol. The molecule has 0 amide bonds. The molecule has 5 N–H and O–H groups in total. The maximum absolute atomic E-state index is 14.8. The van der Waals surface area contributed by atoms with Crippen LogP contribution in [0.5, 0.6) is 0 Å². The number of carbonyl (C=O) groups excluding carboxylic acids is 2. The maximum atomic E-state index is 14.8. The van der Waals surface area contributed by atoms with Gasteiger partial charge in [0.05, 0.1) is 48.5 Å². The van der Waals surface area contributed by atoms with Gasteiger partial charge < -0.3 is 45.1 Å². The summed E-state index contributed by atoms with van der Waals surface area (Å²) < 4.78 is 205. The molecular weight excluding hydrogens is 1170 g/mol. The van der Waals surface area contributed by atoms with E-state index < -0.39 is 126 Å². The number of carbonyl (C=O) groups is 2. The van der Waals surface area contributed by atoms with Gasteiger partial charge >= 0.3 is 36.6 Å². The molecule has 6 aliphatic heterocycles. The number of fused-ring (bicyclic) bond motifs is 3. The van der Waals surface area contributed by atoms with Crippen LogP contribution in [-0.4, -0.2) is 131 Å². The molecule has 6 heterocycles. The number of ether oxygens (including phenoxy) is 5. The standard InChI is InChI=1S/2C20H24F4N2O3S.C7H8F3NO2.C5H7F3O/c2*1-18(2,3)29-17(27)8-16-26-19(13-7-12(25)4-5-14(13)21)10-28-15(20(22,23)24)6-11(19)9-30-16;8-7(9,10)6-1-4-2-13-11-5(4)3-12-6;1-2-3-4(9)5(6,7)8/h2*4-5,7,11,15H,6,8-10,25H2,1-3H3;4,6H,1-3H2;2,4,9H,1,3H2/t2*11-,15+,19-;4-,6+;/m000./s1. The fourth-order valence-corrected chi connectivity index (χ4v) is 11.7. The molecular formula is C52H63F14N5O9S2. The highest BCUT2D eigenvalue weighted by atomic mass is 32.2. The van der Waals surface area contributed by atoms with Crippen LogP contribution in [0.3, 0.4) is 0 Å². The number of nitrogen functional groups attached to an aromatic ring is 2. The second kappa shape index (κ2) is 26.6. The number of oxime groups is 1. The van der Waals surface area contributed by atoms with Crippen molar-refractivity contribution in [1.82, 2.24) is 0 Å². The zero-order valence-corrected chi connectivity index (χ0v) is 46.7. The van der Waals surface area contributed by atoms with Gasteiger partial charge in [0, 0.05) is 51.8 Å². The molecule has 0 aromatic heterocycles. The minimum atomic E-state index is -4.52. The molecule has 0 spiro atoms. The average Bonchev–Trinajstić information content (AvgIpc) is 1.77. The van der Waals surface area contributed by atoms with Gasteiger partial charge in [-0.05, 0) is 104 Å². The molecule has 6 aliphatic rings. The second-order valence-electron chi connectivity index (χ2n) is 21.8. The lowest BCUT2D eigenvalue weighted by atomic mass is 9.74. The highest BCUT2D eigenvalue weighted by Gasteiger charge is 2.57. The van der Waals surface area contributed by atoms with Crippen LogP contribution in [-0.2, 0) is 49.2 Å². The number of anilines is 2. The van der Waals surface area contributed by atoms with Gasteiger partial charge in [-0.15, -0.1) is 30.1 Å². The lowest BCUT2D eigenvalue weighted by molar-refractivity contribution is -0.245. The Labute approximate surface area is 471 Å². The molecule has 2 aromatic rings. The molecule has 14 nitrogen and oxygen atoms in total. The number of alkyl halides is 12. The minimum Gasteiger partial charge on any atom is -0.460 e. The zero-order valence-electron chi connectivity index (χ0n) is 45.1. The van der Waals surface area contributed by atoms with Gasteiger partial charge in [0.25, 0.3) is 0 Å². The third-order valence-corrected chi connectivity index (χ3v) is 15.3. The molecule has 3 saturated heterocycles. The summed E-state index contributed by atoms with van der Waals surface area (Å²) >= 11 is 2.38. The van der Waals surface area contributed by atoms with E-state index in [0.29, 0.717) is 15.8 Å². The molecule has 3 fully saturated rings. The number of nitrogens with zero attached hydrogens (tertiary/aromatic N) is 3. The van der Waals surface area contributed by atoms with E-state index in [9.17, 15) is 71.1 Å². The number of aliphatic hydroxyl groups is 1. The van der Waals surface area contributed by atoms with Gasteiger partial charge in [0.15, 0.2) is 24.4 Å². The van der Waals surface area contributed by atoms with Gasteiger partial charge in [-0.2, -0.15) is 52.7 Å². The number of nitrogens with two attached hydrogens (primary N) is 2. The molecule has 460 valence electrons. The third kappa shape index (κ3) is 18.5. The van der Waals surface area contributed by atoms with Crippen LogP contribution in [0, 0.1) is 29.4 Å². The molecule has 2 aromatic carbocycles. The summed E-state index contributed by atoms with van der Waals surface area (Å²) in [6, 6.07) is 7.83. The summed E-state index contributed by atoms with van der Waals surface area (Å²) in [6.45, 7) is 12.7. The molecule has 0 bridgehead atoms. The quantitative estimate of drug-likeness (QED) is 0.0977. The van der Waals surface area contributed by atoms with Crippen LogP contribution in [0.2, 0.25) is 0 Å². The lowest BCUT2D eigenvalue weighted by Gasteiger charge is -2.47. The Morgan fingerprint density at radius 1 is 0.695 bits per heavy atom. The first kappa shape index (κ1) is 67.9. The summed E-state index contributed by atoms with van der Waals surface area (Å²) in [5.74, 6) is -3.28. The summed E-state index contributed by atoms with van der Waals surface area (Å²) in [5.41, 5.74) is 8.77. The fraction of sp³-hybridized carbons (Fsp3) is 0.635. The van der Waals surface area contributed by atoms with Gasteiger partial charge in [0.1, 0.15) is 40.5 Å². The molecule has 8 rings (SSSR count). The van der Waals surface area contributed by atoms with E-state index in [4.69, 9.17) is 40.4 Å². The van der Waals surface area contributed by atoms with Crippen LogP contribution in [0.15, 0.2) is 64.2 Å². The number of rotatable bonds is 8. The molecule has 82 heavy (non-hydrogen) atoms. The Morgan fingerprint density at radius 2 is 1.10 bits per heavy atom. The Hall–Kier alpha value is -4.91. The zero-order chi connectivity index (χ0) is 61.6. The van der Waals surface area contributed by atoms with Crippen molar-refractivity contribution in [1.29, 1.82) is 0 Å². The van der Waals surface area contributed by atoms with Crippen molar-refractivity contribution < 1.29 is 105 Å². The SMILES string of the molecule is C=CCC(O)C(F)(F)F.CC(C)(C)OC(=O)CC1=N[C@@]2(c3cc(N)ccc3F)CO[C@@H](C(F)(F)F)C[C@H]2CS1.CC(C)(C)OC(=O)CC1=N[C@@]2(c3cc(N)ccc3F)CO[C@@H](C(F)(F)F)C[C@H]2CS1.FC(F)(F)[C@H]1C[C@H]2CON=C2CO1. The first-order valence-corrected chi connectivity index (χ1v) is 27.2. The Bertz CT molecular complexity index is 2520. The molecule has 0 radical (unpaired) electrons. The van der Waals surface area contributed by atoms with Crippen molar-refractivity contribution in [3.63, 3.8) is 0 Å². The van der Waals surface area contributed by atoms with E-state index >= 15 is 0 Å². The number of aliphatic imine (C=N–C) groups is 2. The third-order valence-electron chi connectivity index (χ3n) is 13.0. The molecule has 1 unspecified atom stereocenters. The van der Waals surface area contributed by atoms with Gasteiger partial charge in [-0.3, -0.25) is 19.6 Å². The minimum absolute atomic E-state index is 0.0607. The monoisotopic (exact) mass is 1230 g/mol. The van der Waals surface area contributed by atoms with E-state index in [1.165, 1.54) is 47.8 Å². The van der Waals surface area contributed by atoms with Crippen LogP contribution in [0.4, 0.5) is 72.8 Å². The second-order valence-corrected chi connectivity index (χ2v) is 24.0. The summed E-state index contributed by atoms with van der Waals surface area (Å²) in [5, 5.41) is 12.5. The fourth-order valence-electron chi connectivity index (χ4n) is 9.16. The van der Waals surface area contributed by atoms with Crippen LogP contribution in [0.25, 0.3) is 0 Å². The van der Waals surface area contributed by atoms with Crippen LogP contribution < -0.4 is 11.5 Å². The lowest BCUT2D eigenvalue weighted by Crippen LogP contribution is -2.53. The molecule has 30 heteroatoms. The number of benzene rings is 2. The highest BCUT2D eigenvalue weighted by molar-refractivity contribution is 8.14. The van der Waals surface area contributed by atoms with Crippen molar-refractivity contribution in [3.05, 3.63) is 71.8 Å². The first-order valence-electron chi connectivity index (χ1n) is 25.2. The number of aliphatic hydroxyl groups excluding tert-OH is 1. The van der Waals surface area contributed by atoms with E-state index in [1.54, 1.807) is 41.5 Å². The molecule has 0 saturated carbocycles. The summed E-state index contributed by atoms with van der Waals surface area (Å²) in [4.78, 5) is 38.3. The van der Waals surface area contributed by atoms with E-state index in [2.05, 4.69) is 26.5 Å². The van der Waals surface area contributed by atoms with Crippen molar-refractivity contribution in [2.75, 3.05) is 49.4 Å². The Morgan fingerprint density at radius 3 is 1.45 bits per heavy atom. The molecule has 9 atom stereocenters. The summed E-state index contributed by atoms with van der Waals surface area (Å²) in [7, 11) is 0. The van der Waals surface area contributed by atoms with Crippen molar-refractivity contribution in [3.8, 4) is 0 Å². The normalized spacial score (nSPS) is 26.9. The smallest absolute Gasteiger partial charge is 0.414 e. The van der Waals surface area contributed by atoms with Crippen LogP contribution in [0.1, 0.15) is 91.2 Å². The topological polar surface area (TPSA) is 199 Å². The van der Waals surface area contributed by atoms with Gasteiger partial charge in [0.2, 0.25) is 0 Å². The van der Waals surface area contributed by atoms with E-state index in [1.807, 2.05) is 0 Å². The molecule has 0 aliphatic carbocycles. The predicted octanol–water partition coefficient (Wildman–Crippen LogP) is 11.7. The number of esters is 2. The van der Waals surface area contributed by atoms with Crippen molar-refractivity contribution in [2.24, 2.45) is 32.9 Å². The Kier molecular flexibility index (Phi) is 22.0. The average molecular weight is 1230 g/mol. The van der Waals surface area contributed by atoms with Crippen molar-refractivity contribution in [2.45, 2.75) is 151 Å². The number of thioether (sulfide) groups is 2. The van der Waals surface area contributed by atoms with Crippen LogP contribution >= 0.6 is 23.5 Å². The number of hydrogen-bond acceptors (Lipinski definition) is 16. The number of halogens is 14. The number of hydrogen-bond donors (Lipinski definition) is 3. The first-order chi connectivity index (χ1) is 37.7. The highest BCUT2D eigenvalue weighted by Crippen LogP contribution is 2.52. The summed E-state index contributed by atoms with van der Waals surface area (Å²) in [6.07, 6.45) is -26.1.